The molecule has 0 nitrogen and oxygen atoms in total. The van der Waals surface area contributed by atoms with Gasteiger partial charge in [-0.1, -0.05) is 0 Å². The third kappa shape index (κ3) is 17.8. The van der Waals surface area contributed by atoms with E-state index in [0.717, 1.165) is 0 Å². The molecule has 0 saturated carbocycles. The molecule has 0 aromatic heterocycles. The van der Waals surface area contributed by atoms with Crippen LogP contribution in [0.2, 0.25) is 0 Å². The van der Waals surface area contributed by atoms with Crippen molar-refractivity contribution >= 4 is 0 Å². The quantitative estimate of drug-likeness (QED) is 0.375. The number of rotatable bonds is 0. The Hall–Kier alpha value is 4.30. The zero-order chi connectivity index (χ0) is 0. The molecular weight excluding hydrogens is 247 g/mol. The third-order valence-corrected chi connectivity index (χ3v) is 0. The summed E-state index contributed by atoms with van der Waals surface area (Å²) >= 11 is 0. The smallest absolute Gasteiger partial charge is 1.00 e. The average molecular weight is 249 g/mol. The van der Waals surface area contributed by atoms with Crippen LogP contribution in [0, 0.1) is 0 Å². The van der Waals surface area contributed by atoms with Gasteiger partial charge in [-0.2, -0.15) is 0 Å². The summed E-state index contributed by atoms with van der Waals surface area (Å²) in [6.45, 7) is 0. The van der Waals surface area contributed by atoms with E-state index in [-0.39, 0.29) is 137 Å². The van der Waals surface area contributed by atoms with E-state index >= 15 is 0 Å². The van der Waals surface area contributed by atoms with Crippen molar-refractivity contribution in [2.24, 2.45) is 0 Å². The molecule has 0 aromatic rings. The van der Waals surface area contributed by atoms with Gasteiger partial charge in [-0.05, 0) is 0 Å². The largest absolute Gasteiger partial charge is 1.00 e. The van der Waals surface area contributed by atoms with E-state index in [1.54, 1.807) is 0 Å². The second-order valence-electron chi connectivity index (χ2n) is 0. The van der Waals surface area contributed by atoms with E-state index in [0.29, 0.717) is 0 Å². The van der Waals surface area contributed by atoms with Crippen LogP contribution >= 0.6 is 0 Å². The molecule has 0 fully saturated rings. The molecule has 0 rings (SSSR count). The molecular formula is H2CuFeKNaZn. The summed E-state index contributed by atoms with van der Waals surface area (Å²) in [5.41, 5.74) is 0. The normalized spacial score (nSPS) is 0. The summed E-state index contributed by atoms with van der Waals surface area (Å²) in [6, 6.07) is 0. The van der Waals surface area contributed by atoms with Crippen LogP contribution in [0.1, 0.15) is 2.85 Å². The zero-order valence-corrected chi connectivity index (χ0v) is 13.5. The fraction of sp³-hybridized carbons (Fsp3) is 0. The Morgan fingerprint density at radius 3 is 1.20 bits per heavy atom. The molecule has 0 N–H and O–H groups in total. The standard InChI is InChI=1S/Cu.Fe.K.Na.Zn.2H/q;;2*+1;;2*-1. The summed E-state index contributed by atoms with van der Waals surface area (Å²) in [6.07, 6.45) is 0. The first-order chi connectivity index (χ1) is 0. The van der Waals surface area contributed by atoms with Gasteiger partial charge in [0.15, 0.2) is 0 Å². The zero-order valence-electron chi connectivity index (χ0n) is 5.36. The molecule has 0 aliphatic carbocycles. The van der Waals surface area contributed by atoms with E-state index in [1.807, 2.05) is 0 Å². The van der Waals surface area contributed by atoms with Crippen LogP contribution in [0.25, 0.3) is 0 Å². The molecule has 0 aliphatic heterocycles. The molecule has 0 heterocycles. The van der Waals surface area contributed by atoms with Gasteiger partial charge in [0.1, 0.15) is 0 Å². The molecule has 1 radical (unpaired) electrons. The Kier molecular flexibility index (Phi) is 166. The van der Waals surface area contributed by atoms with Crippen molar-refractivity contribution in [3.05, 3.63) is 0 Å². The monoisotopic (exact) mass is 247 g/mol. The van der Waals surface area contributed by atoms with Crippen LogP contribution in [0.5, 0.6) is 0 Å². The van der Waals surface area contributed by atoms with Crippen molar-refractivity contribution < 1.29 is 137 Å². The molecule has 0 unspecified atom stereocenters. The minimum atomic E-state index is 0. The fourth-order valence-corrected chi connectivity index (χ4v) is 0. The molecule has 0 saturated heterocycles. The van der Waals surface area contributed by atoms with E-state index in [2.05, 4.69) is 0 Å². The Labute approximate surface area is 134 Å². The van der Waals surface area contributed by atoms with Crippen LogP contribution in [0.3, 0.4) is 0 Å². The molecule has 0 spiro atoms. The first kappa shape index (κ1) is 34.7. The van der Waals surface area contributed by atoms with Crippen LogP contribution in [-0.4, -0.2) is 0 Å². The van der Waals surface area contributed by atoms with Gasteiger partial charge >= 0.3 is 80.9 Å². The third-order valence-electron chi connectivity index (χ3n) is 0. The maximum Gasteiger partial charge on any atom is 1.00 e. The van der Waals surface area contributed by atoms with E-state index in [1.165, 1.54) is 0 Å². The Balaban J connectivity index is 0. The average Bonchev–Trinajstić information content (AvgIpc) is 0. The minimum absolute atomic E-state index is 0. The summed E-state index contributed by atoms with van der Waals surface area (Å²) in [4.78, 5) is 0. The first-order valence-electron chi connectivity index (χ1n) is 0. The van der Waals surface area contributed by atoms with Crippen LogP contribution in [0.4, 0.5) is 0 Å². The van der Waals surface area contributed by atoms with Crippen molar-refractivity contribution in [3.63, 3.8) is 0 Å². The van der Waals surface area contributed by atoms with Crippen molar-refractivity contribution in [1.82, 2.24) is 0 Å². The number of hydrogen-bond donors (Lipinski definition) is 0. The van der Waals surface area contributed by atoms with Crippen molar-refractivity contribution in [2.45, 2.75) is 0 Å². The predicted octanol–water partition coefficient (Wildman–Crippen LogP) is -5.77. The van der Waals surface area contributed by atoms with E-state index in [9.17, 15) is 0 Å². The number of hydrogen-bond acceptors (Lipinski definition) is 0. The van der Waals surface area contributed by atoms with Crippen molar-refractivity contribution in [3.8, 4) is 0 Å². The van der Waals surface area contributed by atoms with Gasteiger partial charge in [0.25, 0.3) is 0 Å². The molecule has 0 atom stereocenters. The van der Waals surface area contributed by atoms with Crippen LogP contribution in [0.15, 0.2) is 0 Å². The second-order valence-corrected chi connectivity index (χ2v) is 0. The van der Waals surface area contributed by atoms with E-state index in [4.69, 9.17) is 0 Å². The molecule has 25 valence electrons. The van der Waals surface area contributed by atoms with Crippen molar-refractivity contribution in [2.75, 3.05) is 0 Å². The summed E-state index contributed by atoms with van der Waals surface area (Å²) in [5.74, 6) is 0. The molecule has 0 aromatic carbocycles. The predicted molar refractivity (Wildman–Crippen MR) is 2.22 cm³/mol. The van der Waals surface area contributed by atoms with Gasteiger partial charge in [0, 0.05) is 53.6 Å². The van der Waals surface area contributed by atoms with Gasteiger partial charge in [0.05, 0.1) is 0 Å². The maximum absolute atomic E-state index is 0. The topological polar surface area (TPSA) is 0 Å². The first-order valence-corrected chi connectivity index (χ1v) is 0. The summed E-state index contributed by atoms with van der Waals surface area (Å²) in [5, 5.41) is 0. The van der Waals surface area contributed by atoms with Gasteiger partial charge in [0.2, 0.25) is 0 Å². The van der Waals surface area contributed by atoms with Gasteiger partial charge < -0.3 is 2.85 Å². The van der Waals surface area contributed by atoms with Gasteiger partial charge in [-0.3, -0.25) is 0 Å². The minimum Gasteiger partial charge on any atom is -1.00 e. The van der Waals surface area contributed by atoms with Crippen LogP contribution < -0.4 is 80.9 Å². The second kappa shape index (κ2) is 23.9. The molecule has 0 bridgehead atoms. The van der Waals surface area contributed by atoms with Gasteiger partial charge in [-0.25, -0.2) is 0 Å². The van der Waals surface area contributed by atoms with E-state index < -0.39 is 0 Å². The molecule has 0 amide bonds. The summed E-state index contributed by atoms with van der Waals surface area (Å²) in [7, 11) is 0. The van der Waals surface area contributed by atoms with Crippen LogP contribution in [-0.2, 0) is 53.6 Å². The molecule has 0 aliphatic rings. The Morgan fingerprint density at radius 1 is 1.20 bits per heavy atom. The molecule has 5 heteroatoms. The van der Waals surface area contributed by atoms with Crippen molar-refractivity contribution in [1.29, 1.82) is 0 Å². The summed E-state index contributed by atoms with van der Waals surface area (Å²) < 4.78 is 0. The Bertz CT molecular complexity index is 17.7. The fourth-order valence-electron chi connectivity index (χ4n) is 0. The molecule has 5 heavy (non-hydrogen) atoms. The van der Waals surface area contributed by atoms with Gasteiger partial charge in [-0.15, -0.1) is 0 Å². The Morgan fingerprint density at radius 2 is 1.20 bits per heavy atom. The SMILES string of the molecule is [Cu].[Fe].[H-].[H-].[K+].[Na+].[Zn]. The maximum atomic E-state index is 0.